The van der Waals surface area contributed by atoms with Crippen molar-refractivity contribution in [3.63, 3.8) is 0 Å². The largest absolute Gasteiger partial charge is 0.478 e. The fourth-order valence-electron chi connectivity index (χ4n) is 2.82. The number of carbonyl (C=O) groups is 1. The van der Waals surface area contributed by atoms with Gasteiger partial charge in [0.1, 0.15) is 5.75 Å². The van der Waals surface area contributed by atoms with Gasteiger partial charge in [-0.05, 0) is 48.7 Å². The summed E-state index contributed by atoms with van der Waals surface area (Å²) in [7, 11) is 0. The second kappa shape index (κ2) is 6.36. The normalized spacial score (nSPS) is 16.5. The Morgan fingerprint density at radius 3 is 2.42 bits per heavy atom. The Labute approximate surface area is 152 Å². The zero-order chi connectivity index (χ0) is 19.2. The van der Waals surface area contributed by atoms with Crippen molar-refractivity contribution >= 4 is 23.6 Å². The van der Waals surface area contributed by atoms with Gasteiger partial charge in [0.25, 0.3) is 0 Å². The number of ether oxygens (including phenoxy) is 1. The molecular formula is C19H14ClF3O3. The van der Waals surface area contributed by atoms with Gasteiger partial charge >= 0.3 is 12.1 Å². The number of hydrogen-bond donors (Lipinski definition) is 1. The van der Waals surface area contributed by atoms with E-state index in [1.807, 2.05) is 26.0 Å². The van der Waals surface area contributed by atoms with E-state index in [0.717, 1.165) is 17.2 Å². The van der Waals surface area contributed by atoms with Crippen molar-refractivity contribution in [3.05, 3.63) is 57.6 Å². The molecule has 1 atom stereocenters. The first-order valence-corrected chi connectivity index (χ1v) is 8.05. The minimum atomic E-state index is -4.86. The van der Waals surface area contributed by atoms with Crippen molar-refractivity contribution in [2.75, 3.05) is 0 Å². The first-order valence-electron chi connectivity index (χ1n) is 7.67. The van der Waals surface area contributed by atoms with Crippen LogP contribution in [-0.4, -0.2) is 23.4 Å². The van der Waals surface area contributed by atoms with Gasteiger partial charge in [0.05, 0.1) is 5.57 Å². The van der Waals surface area contributed by atoms with Gasteiger partial charge in [-0.3, -0.25) is 0 Å². The lowest BCUT2D eigenvalue weighted by Gasteiger charge is -2.28. The highest BCUT2D eigenvalue weighted by atomic mass is 35.5. The summed E-state index contributed by atoms with van der Waals surface area (Å²) in [6.07, 6.45) is -6.43. The van der Waals surface area contributed by atoms with Crippen molar-refractivity contribution in [1.82, 2.24) is 0 Å². The molecule has 0 bridgehead atoms. The second-order valence-electron chi connectivity index (χ2n) is 6.12. The summed E-state index contributed by atoms with van der Waals surface area (Å²) < 4.78 is 45.1. The minimum Gasteiger partial charge on any atom is -0.478 e. The molecule has 3 rings (SSSR count). The average molecular weight is 383 g/mol. The van der Waals surface area contributed by atoms with E-state index in [1.54, 1.807) is 6.07 Å². The van der Waals surface area contributed by atoms with Crippen LogP contribution in [0.4, 0.5) is 13.2 Å². The third kappa shape index (κ3) is 3.29. The van der Waals surface area contributed by atoms with Crippen LogP contribution in [0.3, 0.4) is 0 Å². The molecule has 0 radical (unpaired) electrons. The number of halogens is 4. The summed E-state index contributed by atoms with van der Waals surface area (Å²) in [4.78, 5) is 11.3. The predicted molar refractivity (Wildman–Crippen MR) is 92.4 cm³/mol. The van der Waals surface area contributed by atoms with Crippen LogP contribution in [-0.2, 0) is 4.79 Å². The summed E-state index contributed by atoms with van der Waals surface area (Å²) in [5.74, 6) is -1.73. The molecule has 1 unspecified atom stereocenters. The molecule has 0 saturated carbocycles. The number of aliphatic carboxylic acids is 1. The van der Waals surface area contributed by atoms with Crippen LogP contribution < -0.4 is 4.74 Å². The highest BCUT2D eigenvalue weighted by Crippen LogP contribution is 2.44. The number of fused-ring (bicyclic) bond motifs is 1. The van der Waals surface area contributed by atoms with Gasteiger partial charge in [0.2, 0.25) is 6.10 Å². The Morgan fingerprint density at radius 1 is 1.15 bits per heavy atom. The molecule has 1 aliphatic rings. The molecule has 1 heterocycles. The molecule has 2 aromatic rings. The van der Waals surface area contributed by atoms with E-state index in [2.05, 4.69) is 0 Å². The van der Waals surface area contributed by atoms with E-state index in [9.17, 15) is 18.0 Å². The first-order chi connectivity index (χ1) is 12.1. The molecule has 2 aromatic carbocycles. The van der Waals surface area contributed by atoms with Crippen LogP contribution in [0.5, 0.6) is 5.75 Å². The van der Waals surface area contributed by atoms with Gasteiger partial charge in [-0.1, -0.05) is 29.8 Å². The predicted octanol–water partition coefficient (Wildman–Crippen LogP) is 5.42. The molecule has 0 aliphatic carbocycles. The number of carboxylic acid groups (broad SMARTS) is 1. The number of benzene rings is 2. The van der Waals surface area contributed by atoms with Crippen LogP contribution in [0, 0.1) is 13.8 Å². The van der Waals surface area contributed by atoms with E-state index >= 15 is 0 Å². The highest BCUT2D eigenvalue weighted by Gasteiger charge is 2.48. The average Bonchev–Trinajstić information content (AvgIpc) is 2.54. The van der Waals surface area contributed by atoms with Crippen molar-refractivity contribution in [2.24, 2.45) is 0 Å². The standard InChI is InChI=1S/C19H14ClF3O3/c1-9-3-4-11(5-10(9)2)14-8-13(20)6-12-7-15(18(24)25)17(19(21,22)23)26-16(12)14/h3-8,17H,1-2H3,(H,24,25). The Kier molecular flexibility index (Phi) is 4.48. The van der Waals surface area contributed by atoms with Gasteiger partial charge in [0.15, 0.2) is 0 Å². The molecule has 0 amide bonds. The number of aryl methyl sites for hydroxylation is 2. The van der Waals surface area contributed by atoms with Crippen LogP contribution in [0.1, 0.15) is 16.7 Å². The topological polar surface area (TPSA) is 46.5 Å². The maximum absolute atomic E-state index is 13.3. The van der Waals surface area contributed by atoms with Gasteiger partial charge in [0, 0.05) is 16.1 Å². The summed E-state index contributed by atoms with van der Waals surface area (Å²) >= 11 is 6.10. The van der Waals surface area contributed by atoms with Gasteiger partial charge in [-0.25, -0.2) is 4.79 Å². The molecule has 26 heavy (non-hydrogen) atoms. The van der Waals surface area contributed by atoms with Crippen LogP contribution in [0.15, 0.2) is 35.9 Å². The molecule has 3 nitrogen and oxygen atoms in total. The molecule has 136 valence electrons. The zero-order valence-electron chi connectivity index (χ0n) is 13.8. The fourth-order valence-corrected chi connectivity index (χ4v) is 3.05. The zero-order valence-corrected chi connectivity index (χ0v) is 14.6. The highest BCUT2D eigenvalue weighted by molar-refractivity contribution is 6.31. The van der Waals surface area contributed by atoms with E-state index in [4.69, 9.17) is 21.4 Å². The summed E-state index contributed by atoms with van der Waals surface area (Å²) in [5, 5.41) is 9.41. The maximum Gasteiger partial charge on any atom is 0.430 e. The van der Waals surface area contributed by atoms with Gasteiger partial charge in [-0.2, -0.15) is 13.2 Å². The second-order valence-corrected chi connectivity index (χ2v) is 6.55. The number of alkyl halides is 3. The van der Waals surface area contributed by atoms with Gasteiger partial charge < -0.3 is 9.84 Å². The molecular weight excluding hydrogens is 369 g/mol. The van der Waals surface area contributed by atoms with E-state index in [-0.39, 0.29) is 16.3 Å². The monoisotopic (exact) mass is 382 g/mol. The summed E-state index contributed by atoms with van der Waals surface area (Å²) in [6.45, 7) is 3.81. The van der Waals surface area contributed by atoms with E-state index < -0.39 is 23.8 Å². The molecule has 0 fully saturated rings. The Bertz CT molecular complexity index is 932. The summed E-state index contributed by atoms with van der Waals surface area (Å²) in [6, 6.07) is 8.33. The van der Waals surface area contributed by atoms with Crippen molar-refractivity contribution in [2.45, 2.75) is 26.1 Å². The van der Waals surface area contributed by atoms with Crippen molar-refractivity contribution < 1.29 is 27.8 Å². The van der Waals surface area contributed by atoms with E-state index in [0.29, 0.717) is 11.1 Å². The lowest BCUT2D eigenvalue weighted by Crippen LogP contribution is -2.40. The molecule has 0 spiro atoms. The maximum atomic E-state index is 13.3. The lowest BCUT2D eigenvalue weighted by atomic mass is 9.94. The summed E-state index contributed by atoms with van der Waals surface area (Å²) in [5.41, 5.74) is 2.33. The Balaban J connectivity index is 2.24. The van der Waals surface area contributed by atoms with Crippen LogP contribution >= 0.6 is 11.6 Å². The van der Waals surface area contributed by atoms with Crippen LogP contribution in [0.2, 0.25) is 5.02 Å². The third-order valence-corrected chi connectivity index (χ3v) is 4.49. The molecule has 7 heteroatoms. The third-order valence-electron chi connectivity index (χ3n) is 4.27. The molecule has 0 saturated heterocycles. The lowest BCUT2D eigenvalue weighted by molar-refractivity contribution is -0.187. The molecule has 0 aromatic heterocycles. The Morgan fingerprint density at radius 2 is 1.85 bits per heavy atom. The molecule has 1 aliphatic heterocycles. The Hall–Kier alpha value is -2.47. The van der Waals surface area contributed by atoms with Crippen molar-refractivity contribution in [1.29, 1.82) is 0 Å². The van der Waals surface area contributed by atoms with Crippen LogP contribution in [0.25, 0.3) is 17.2 Å². The van der Waals surface area contributed by atoms with E-state index in [1.165, 1.54) is 12.1 Å². The minimum absolute atomic E-state index is 0.0371. The molecule has 1 N–H and O–H groups in total. The fraction of sp³-hybridized carbons (Fsp3) is 0.211. The van der Waals surface area contributed by atoms with Crippen molar-refractivity contribution in [3.8, 4) is 16.9 Å². The number of rotatable bonds is 2. The number of hydrogen-bond acceptors (Lipinski definition) is 2. The van der Waals surface area contributed by atoms with Gasteiger partial charge in [-0.15, -0.1) is 0 Å². The smallest absolute Gasteiger partial charge is 0.430 e. The quantitative estimate of drug-likeness (QED) is 0.754. The first kappa shape index (κ1) is 18.3. The number of carboxylic acids is 1. The SMILES string of the molecule is Cc1ccc(-c2cc(Cl)cc3c2OC(C(F)(F)F)C(C(=O)O)=C3)cc1C.